The van der Waals surface area contributed by atoms with E-state index >= 15 is 0 Å². The van der Waals surface area contributed by atoms with Crippen LogP contribution in [0.3, 0.4) is 0 Å². The summed E-state index contributed by atoms with van der Waals surface area (Å²) in [7, 11) is 4.11. The van der Waals surface area contributed by atoms with E-state index in [1.165, 1.54) is 30.4 Å². The van der Waals surface area contributed by atoms with E-state index in [-0.39, 0.29) is 48.8 Å². The second-order valence-corrected chi connectivity index (χ2v) is 13.8. The molecule has 2 aromatic rings. The zero-order valence-corrected chi connectivity index (χ0v) is 33.3. The molecule has 2 unspecified atom stereocenters. The molecular formula is C38H52N6O12S. The molecule has 0 bridgehead atoms. The van der Waals surface area contributed by atoms with E-state index in [0.717, 1.165) is 17.9 Å². The minimum atomic E-state index is -1.10. The Labute approximate surface area is 336 Å². The van der Waals surface area contributed by atoms with Crippen LogP contribution in [0.4, 0.5) is 0 Å². The number of hydrogen-bond acceptors (Lipinski definition) is 15. The molecule has 2 heterocycles. The van der Waals surface area contributed by atoms with Gasteiger partial charge in [-0.25, -0.2) is 4.72 Å². The van der Waals surface area contributed by atoms with Crippen LogP contribution in [0.25, 0.3) is 0 Å². The highest BCUT2D eigenvalue weighted by Crippen LogP contribution is 2.33. The number of ether oxygens (including phenoxy) is 5. The molecule has 6 amide bonds. The first kappa shape index (κ1) is 45.1. The third kappa shape index (κ3) is 14.7. The topological polar surface area (TPSA) is 212 Å². The highest BCUT2D eigenvalue weighted by Gasteiger charge is 2.46. The lowest BCUT2D eigenvalue weighted by Gasteiger charge is -2.27. The number of carbonyl (C=O) groups is 6. The molecule has 2 aromatic carbocycles. The molecular weight excluding hydrogens is 765 g/mol. The second kappa shape index (κ2) is 24.2. The molecule has 0 spiro atoms. The molecule has 0 saturated carbocycles. The van der Waals surface area contributed by atoms with Crippen LogP contribution in [0.1, 0.15) is 57.3 Å². The molecule has 0 aromatic heterocycles. The highest BCUT2D eigenvalue weighted by atomic mass is 32.2. The number of amides is 6. The van der Waals surface area contributed by atoms with Crippen molar-refractivity contribution >= 4 is 47.7 Å². The Morgan fingerprint density at radius 3 is 2.11 bits per heavy atom. The van der Waals surface area contributed by atoms with E-state index in [1.54, 1.807) is 24.3 Å². The number of fused-ring (bicyclic) bond motifs is 1. The van der Waals surface area contributed by atoms with Gasteiger partial charge in [-0.15, -0.1) is 0 Å². The van der Waals surface area contributed by atoms with Gasteiger partial charge in [0.2, 0.25) is 11.8 Å². The fraction of sp³-hybridized carbons (Fsp3) is 0.526. The lowest BCUT2D eigenvalue weighted by Crippen LogP contribution is -2.54. The summed E-state index contributed by atoms with van der Waals surface area (Å²) in [4.78, 5) is 77.6. The maximum Gasteiger partial charge on any atom is 0.266 e. The Kier molecular flexibility index (Phi) is 19.1. The number of nitrogens with one attached hydrogen (secondary N) is 4. The average molecular weight is 817 g/mol. The van der Waals surface area contributed by atoms with Gasteiger partial charge in [-0.3, -0.25) is 39.0 Å². The first-order valence-electron chi connectivity index (χ1n) is 18.7. The third-order valence-electron chi connectivity index (χ3n) is 8.86. The van der Waals surface area contributed by atoms with Gasteiger partial charge < -0.3 is 43.4 Å². The molecule has 57 heavy (non-hydrogen) atoms. The molecule has 0 aliphatic carbocycles. The van der Waals surface area contributed by atoms with E-state index in [0.29, 0.717) is 70.1 Å². The quantitative estimate of drug-likeness (QED) is 0.0428. The summed E-state index contributed by atoms with van der Waals surface area (Å²) < 4.78 is 36.3. The van der Waals surface area contributed by atoms with Crippen LogP contribution in [0.2, 0.25) is 0 Å². The van der Waals surface area contributed by atoms with Crippen LogP contribution in [-0.2, 0) is 33.3 Å². The molecule has 1 saturated heterocycles. The third-order valence-corrected chi connectivity index (χ3v) is 9.46. The van der Waals surface area contributed by atoms with Gasteiger partial charge in [0.1, 0.15) is 29.8 Å². The Morgan fingerprint density at radius 1 is 0.842 bits per heavy atom. The minimum Gasteiger partial charge on any atom is -0.483 e. The molecule has 19 heteroatoms. The van der Waals surface area contributed by atoms with Crippen LogP contribution in [0.15, 0.2) is 42.5 Å². The molecule has 18 nitrogen and oxygen atoms in total. The van der Waals surface area contributed by atoms with E-state index in [9.17, 15) is 28.8 Å². The Hall–Kier alpha value is -4.63. The lowest BCUT2D eigenvalue weighted by molar-refractivity contribution is -0.136. The van der Waals surface area contributed by atoms with E-state index in [4.69, 9.17) is 27.9 Å². The summed E-state index contributed by atoms with van der Waals surface area (Å²) in [5.74, 6) is -2.54. The van der Waals surface area contributed by atoms with Gasteiger partial charge >= 0.3 is 0 Å². The summed E-state index contributed by atoms with van der Waals surface area (Å²) in [5, 5.41) is 7.61. The zero-order valence-electron chi connectivity index (χ0n) is 32.5. The van der Waals surface area contributed by atoms with Gasteiger partial charge in [0.25, 0.3) is 23.6 Å². The lowest BCUT2D eigenvalue weighted by atomic mass is 10.0. The summed E-state index contributed by atoms with van der Waals surface area (Å²) in [6.07, 6.45) is 1.04. The first-order chi connectivity index (χ1) is 27.6. The summed E-state index contributed by atoms with van der Waals surface area (Å²) in [5.41, 5.74) is 0.553. The number of rotatable bonds is 27. The van der Waals surface area contributed by atoms with Crippen molar-refractivity contribution in [3.8, 4) is 11.5 Å². The zero-order chi connectivity index (χ0) is 41.0. The van der Waals surface area contributed by atoms with Gasteiger partial charge in [-0.2, -0.15) is 0 Å². The number of carbonyl (C=O) groups excluding carboxylic acids is 6. The van der Waals surface area contributed by atoms with Crippen LogP contribution >= 0.6 is 12.2 Å². The minimum absolute atomic E-state index is 0.00728. The van der Waals surface area contributed by atoms with Crippen molar-refractivity contribution in [1.29, 1.82) is 0 Å². The van der Waals surface area contributed by atoms with Gasteiger partial charge in [0, 0.05) is 37.7 Å². The SMILES string of the molecule is CC(CCNSOc1ccc(C(=O)NCCOCCOCCOCCOCCNC(=O)COc2cccc3c2C(=O)N(C2CCC(=O)NC2=O)C3=O)cc1)N(C)C. The fourth-order valence-electron chi connectivity index (χ4n) is 5.47. The van der Waals surface area contributed by atoms with Gasteiger partial charge in [0.15, 0.2) is 6.61 Å². The van der Waals surface area contributed by atoms with Gasteiger partial charge in [-0.1, -0.05) is 6.07 Å². The Bertz CT molecular complexity index is 1660. The van der Waals surface area contributed by atoms with Crippen LogP contribution in [0.5, 0.6) is 11.5 Å². The number of nitrogens with zero attached hydrogens (tertiary/aromatic N) is 2. The van der Waals surface area contributed by atoms with Crippen molar-refractivity contribution < 1.29 is 56.6 Å². The van der Waals surface area contributed by atoms with Crippen molar-refractivity contribution in [3.63, 3.8) is 0 Å². The Morgan fingerprint density at radius 2 is 1.47 bits per heavy atom. The molecule has 4 rings (SSSR count). The molecule has 2 atom stereocenters. The molecule has 2 aliphatic rings. The predicted molar refractivity (Wildman–Crippen MR) is 208 cm³/mol. The maximum atomic E-state index is 13.1. The fourth-order valence-corrected chi connectivity index (χ4v) is 5.94. The van der Waals surface area contributed by atoms with E-state index in [2.05, 4.69) is 46.6 Å². The predicted octanol–water partition coefficient (Wildman–Crippen LogP) is 0.951. The number of benzene rings is 2. The largest absolute Gasteiger partial charge is 0.483 e. The molecule has 0 radical (unpaired) electrons. The molecule has 1 fully saturated rings. The van der Waals surface area contributed by atoms with Crippen molar-refractivity contribution in [2.45, 2.75) is 38.3 Å². The first-order valence-corrected chi connectivity index (χ1v) is 19.5. The molecule has 2 aliphatic heterocycles. The highest BCUT2D eigenvalue weighted by molar-refractivity contribution is 7.93. The van der Waals surface area contributed by atoms with Crippen molar-refractivity contribution in [3.05, 3.63) is 59.2 Å². The smallest absolute Gasteiger partial charge is 0.266 e. The van der Waals surface area contributed by atoms with Crippen LogP contribution < -0.4 is 29.6 Å². The number of piperidine rings is 1. The summed E-state index contributed by atoms with van der Waals surface area (Å²) in [6, 6.07) is 10.7. The Balaban J connectivity index is 0.935. The van der Waals surface area contributed by atoms with Gasteiger partial charge in [-0.05, 0) is 70.3 Å². The van der Waals surface area contributed by atoms with Gasteiger partial charge in [0.05, 0.1) is 64.0 Å². The summed E-state index contributed by atoms with van der Waals surface area (Å²) in [6.45, 7) is 5.84. The van der Waals surface area contributed by atoms with Crippen molar-refractivity contribution in [1.82, 2.24) is 30.5 Å². The normalized spacial score (nSPS) is 15.7. The monoisotopic (exact) mass is 816 g/mol. The van der Waals surface area contributed by atoms with Crippen LogP contribution in [-0.4, -0.2) is 151 Å². The van der Waals surface area contributed by atoms with Crippen LogP contribution in [0, 0.1) is 0 Å². The van der Waals surface area contributed by atoms with Crippen molar-refractivity contribution in [2.75, 3.05) is 93.2 Å². The number of imide groups is 2. The number of hydrogen-bond donors (Lipinski definition) is 4. The standard InChI is InChI=1S/C38H52N6O12S/c1-26(43(2)3)13-14-41-57-56-28-9-7-27(8-10-28)35(47)40-16-18-52-20-22-54-24-23-53-21-19-51-17-15-39-33(46)25-55-31-6-4-5-29-34(31)38(50)44(37(29)49)30-11-12-32(45)42-36(30)48/h4-10,26,30,41H,11-25H2,1-3H3,(H,39,46)(H,40,47)(H,42,45,48). The average Bonchev–Trinajstić information content (AvgIpc) is 3.45. The maximum absolute atomic E-state index is 13.1. The van der Waals surface area contributed by atoms with Crippen molar-refractivity contribution in [2.24, 2.45) is 0 Å². The molecule has 4 N–H and O–H groups in total. The van der Waals surface area contributed by atoms with E-state index < -0.39 is 42.2 Å². The van der Waals surface area contributed by atoms with E-state index in [1.807, 2.05) is 0 Å². The molecule has 312 valence electrons. The second-order valence-electron chi connectivity index (χ2n) is 13.2. The summed E-state index contributed by atoms with van der Waals surface area (Å²) >= 11 is 1.17.